The summed E-state index contributed by atoms with van der Waals surface area (Å²) in [5, 5.41) is 6.08. The van der Waals surface area contributed by atoms with Crippen LogP contribution in [0.2, 0.25) is 10.0 Å². The summed E-state index contributed by atoms with van der Waals surface area (Å²) in [6.45, 7) is 9.53. The maximum atomic E-state index is 6.46. The van der Waals surface area contributed by atoms with E-state index in [0.29, 0.717) is 16.0 Å². The fraction of sp³-hybridized carbons (Fsp3) is 0.417. The molecule has 0 amide bonds. The maximum Gasteiger partial charge on any atom is 0.246 e. The monoisotopic (exact) mass is 442 g/mol. The van der Waals surface area contributed by atoms with Gasteiger partial charge in [0.15, 0.2) is 0 Å². The molecule has 0 spiro atoms. The second kappa shape index (κ2) is 8.24. The van der Waals surface area contributed by atoms with E-state index in [0.717, 1.165) is 30.4 Å². The molecule has 1 saturated carbocycles. The van der Waals surface area contributed by atoms with Crippen molar-refractivity contribution in [3.05, 3.63) is 69.5 Å². The largest absolute Gasteiger partial charge is 0.330 e. The Morgan fingerprint density at radius 1 is 1.10 bits per heavy atom. The average molecular weight is 443 g/mol. The molecule has 4 nitrogen and oxygen atoms in total. The van der Waals surface area contributed by atoms with Crippen LogP contribution < -0.4 is 4.90 Å². The Balaban J connectivity index is 1.80. The Morgan fingerprint density at radius 3 is 2.40 bits per heavy atom. The molecule has 3 aromatic rings. The van der Waals surface area contributed by atoms with Crippen molar-refractivity contribution in [3.8, 4) is 5.69 Å². The van der Waals surface area contributed by atoms with Gasteiger partial charge in [-0.2, -0.15) is 4.98 Å². The van der Waals surface area contributed by atoms with Crippen LogP contribution in [0.15, 0.2) is 42.5 Å². The van der Waals surface area contributed by atoms with Crippen LogP contribution in [-0.2, 0) is 5.54 Å². The molecule has 1 heterocycles. The third-order valence-corrected chi connectivity index (χ3v) is 6.69. The summed E-state index contributed by atoms with van der Waals surface area (Å²) in [7, 11) is 0. The van der Waals surface area contributed by atoms with Crippen LogP contribution in [0.3, 0.4) is 0 Å². The normalized spacial score (nSPS) is 15.8. The Hall–Kier alpha value is -2.04. The molecule has 0 aliphatic heterocycles. The van der Waals surface area contributed by atoms with Gasteiger partial charge < -0.3 is 4.90 Å². The standard InChI is InChI=1S/C24H28Cl2N4/c1-5-14-29(24(4,19-10-11-19)18-8-6-16(2)7-9-18)23-27-17(3)30(28-23)22-13-12-20(25)15-21(22)26/h6-9,12-13,15,19H,5,10-11,14H2,1-4H3/t24-/m1/s1. The summed E-state index contributed by atoms with van der Waals surface area (Å²) in [6.07, 6.45) is 3.48. The minimum atomic E-state index is -0.147. The summed E-state index contributed by atoms with van der Waals surface area (Å²) >= 11 is 12.5. The van der Waals surface area contributed by atoms with Gasteiger partial charge in [-0.1, -0.05) is 60.0 Å². The van der Waals surface area contributed by atoms with E-state index in [-0.39, 0.29) is 5.54 Å². The first-order valence-electron chi connectivity index (χ1n) is 10.6. The smallest absolute Gasteiger partial charge is 0.246 e. The number of nitrogens with zero attached hydrogens (tertiary/aromatic N) is 4. The van der Waals surface area contributed by atoms with Crippen LogP contribution in [-0.4, -0.2) is 21.3 Å². The number of rotatable bonds is 7. The SMILES string of the molecule is CCCN(c1nc(C)n(-c2ccc(Cl)cc2Cl)n1)[C@](C)(c1ccc(C)cc1)C1CC1. The molecular formula is C24H28Cl2N4. The van der Waals surface area contributed by atoms with Gasteiger partial charge in [0.2, 0.25) is 5.95 Å². The highest BCUT2D eigenvalue weighted by atomic mass is 35.5. The summed E-state index contributed by atoms with van der Waals surface area (Å²) in [4.78, 5) is 7.27. The van der Waals surface area contributed by atoms with Crippen LogP contribution in [0.1, 0.15) is 50.1 Å². The highest BCUT2D eigenvalue weighted by Crippen LogP contribution is 2.50. The molecule has 1 aliphatic rings. The number of hydrogen-bond acceptors (Lipinski definition) is 3. The lowest BCUT2D eigenvalue weighted by Gasteiger charge is -2.42. The number of benzene rings is 2. The van der Waals surface area contributed by atoms with Crippen molar-refractivity contribution in [1.82, 2.24) is 14.8 Å². The van der Waals surface area contributed by atoms with Gasteiger partial charge in [0.1, 0.15) is 5.82 Å². The van der Waals surface area contributed by atoms with E-state index in [9.17, 15) is 0 Å². The lowest BCUT2D eigenvalue weighted by atomic mass is 9.84. The zero-order chi connectivity index (χ0) is 21.5. The van der Waals surface area contributed by atoms with E-state index in [1.807, 2.05) is 23.7 Å². The fourth-order valence-corrected chi connectivity index (χ4v) is 4.77. The Morgan fingerprint density at radius 2 is 1.80 bits per heavy atom. The molecule has 6 heteroatoms. The molecule has 1 atom stereocenters. The Kier molecular flexibility index (Phi) is 5.82. The van der Waals surface area contributed by atoms with E-state index >= 15 is 0 Å². The van der Waals surface area contributed by atoms with Gasteiger partial charge in [0.25, 0.3) is 0 Å². The van der Waals surface area contributed by atoms with Gasteiger partial charge in [0, 0.05) is 11.6 Å². The average Bonchev–Trinajstić information content (AvgIpc) is 3.50. The van der Waals surface area contributed by atoms with Gasteiger partial charge in [0.05, 0.1) is 16.2 Å². The molecule has 1 aliphatic carbocycles. The molecule has 2 aromatic carbocycles. The lowest BCUT2D eigenvalue weighted by molar-refractivity contribution is 0.374. The first-order chi connectivity index (χ1) is 14.3. The Bertz CT molecular complexity index is 1040. The topological polar surface area (TPSA) is 34.0 Å². The molecule has 30 heavy (non-hydrogen) atoms. The molecule has 0 unspecified atom stereocenters. The summed E-state index contributed by atoms with van der Waals surface area (Å²) in [6, 6.07) is 14.4. The molecule has 1 fully saturated rings. The molecule has 158 valence electrons. The van der Waals surface area contributed by atoms with Crippen molar-refractivity contribution < 1.29 is 0 Å². The van der Waals surface area contributed by atoms with Crippen LogP contribution in [0, 0.1) is 19.8 Å². The second-order valence-corrected chi connectivity index (χ2v) is 9.25. The van der Waals surface area contributed by atoms with Crippen LogP contribution >= 0.6 is 23.2 Å². The Labute approximate surface area is 188 Å². The first-order valence-corrected chi connectivity index (χ1v) is 11.3. The predicted octanol–water partition coefficient (Wildman–Crippen LogP) is 6.73. The molecular weight excluding hydrogens is 415 g/mol. The first kappa shape index (κ1) is 21.2. The van der Waals surface area contributed by atoms with Gasteiger partial charge in [-0.15, -0.1) is 5.10 Å². The molecule has 0 radical (unpaired) electrons. The van der Waals surface area contributed by atoms with Crippen molar-refractivity contribution in [3.63, 3.8) is 0 Å². The summed E-state index contributed by atoms with van der Waals surface area (Å²) in [5.41, 5.74) is 3.24. The van der Waals surface area contributed by atoms with Gasteiger partial charge in [-0.25, -0.2) is 4.68 Å². The van der Waals surface area contributed by atoms with E-state index in [1.54, 1.807) is 6.07 Å². The van der Waals surface area contributed by atoms with Crippen molar-refractivity contribution in [1.29, 1.82) is 0 Å². The third-order valence-electron chi connectivity index (χ3n) is 6.15. The molecule has 1 aromatic heterocycles. The quantitative estimate of drug-likeness (QED) is 0.406. The van der Waals surface area contributed by atoms with Crippen molar-refractivity contribution in [2.45, 2.75) is 52.5 Å². The summed E-state index contributed by atoms with van der Waals surface area (Å²) < 4.78 is 1.82. The van der Waals surface area contributed by atoms with Crippen molar-refractivity contribution in [2.24, 2.45) is 5.92 Å². The van der Waals surface area contributed by atoms with E-state index in [2.05, 4.69) is 49.9 Å². The third kappa shape index (κ3) is 3.83. The van der Waals surface area contributed by atoms with Crippen LogP contribution in [0.4, 0.5) is 5.95 Å². The summed E-state index contributed by atoms with van der Waals surface area (Å²) in [5.74, 6) is 2.14. The van der Waals surface area contributed by atoms with Gasteiger partial charge in [-0.3, -0.25) is 0 Å². The zero-order valence-electron chi connectivity index (χ0n) is 18.0. The minimum absolute atomic E-state index is 0.147. The highest BCUT2D eigenvalue weighted by molar-refractivity contribution is 6.35. The van der Waals surface area contributed by atoms with Crippen LogP contribution in [0.5, 0.6) is 0 Å². The predicted molar refractivity (Wildman–Crippen MR) is 125 cm³/mol. The van der Waals surface area contributed by atoms with Gasteiger partial charge in [-0.05, 0) is 69.7 Å². The fourth-order valence-electron chi connectivity index (χ4n) is 4.28. The lowest BCUT2D eigenvalue weighted by Crippen LogP contribution is -2.47. The van der Waals surface area contributed by atoms with E-state index in [4.69, 9.17) is 33.3 Å². The van der Waals surface area contributed by atoms with E-state index in [1.165, 1.54) is 24.0 Å². The van der Waals surface area contributed by atoms with Crippen molar-refractivity contribution in [2.75, 3.05) is 11.4 Å². The molecule has 0 N–H and O–H groups in total. The van der Waals surface area contributed by atoms with Crippen LogP contribution in [0.25, 0.3) is 5.69 Å². The van der Waals surface area contributed by atoms with E-state index < -0.39 is 0 Å². The maximum absolute atomic E-state index is 6.46. The molecule has 4 rings (SSSR count). The number of aryl methyl sites for hydroxylation is 2. The minimum Gasteiger partial charge on any atom is -0.330 e. The number of anilines is 1. The number of aromatic nitrogens is 3. The number of halogens is 2. The van der Waals surface area contributed by atoms with Gasteiger partial charge >= 0.3 is 0 Å². The molecule has 0 bridgehead atoms. The highest BCUT2D eigenvalue weighted by Gasteiger charge is 2.48. The second-order valence-electron chi connectivity index (χ2n) is 8.41. The molecule has 0 saturated heterocycles. The van der Waals surface area contributed by atoms with Crippen molar-refractivity contribution >= 4 is 29.2 Å². The number of hydrogen-bond donors (Lipinski definition) is 0. The zero-order valence-corrected chi connectivity index (χ0v) is 19.5.